The van der Waals surface area contributed by atoms with Gasteiger partial charge in [0.2, 0.25) is 0 Å². The lowest BCUT2D eigenvalue weighted by Crippen LogP contribution is -2.61. The summed E-state index contributed by atoms with van der Waals surface area (Å²) < 4.78 is 28.5. The molecule has 0 aromatic heterocycles. The van der Waals surface area contributed by atoms with Crippen LogP contribution in [0.15, 0.2) is 85.1 Å². The van der Waals surface area contributed by atoms with E-state index in [1.165, 1.54) is 103 Å². The first kappa shape index (κ1) is 76.9. The fourth-order valence-electron chi connectivity index (χ4n) is 9.73. The summed E-state index contributed by atoms with van der Waals surface area (Å²) in [6.07, 6.45) is 63.8. The van der Waals surface area contributed by atoms with Crippen LogP contribution < -0.4 is 0 Å². The number of esters is 3. The molecule has 1 fully saturated rings. The fourth-order valence-corrected chi connectivity index (χ4v) is 9.73. The Bertz CT molecular complexity index is 1760. The smallest absolute Gasteiger partial charge is 0.335 e. The van der Waals surface area contributed by atoms with E-state index in [4.69, 9.17) is 23.7 Å². The zero-order valence-electron chi connectivity index (χ0n) is 52.7. The highest BCUT2D eigenvalue weighted by Gasteiger charge is 2.50. The summed E-state index contributed by atoms with van der Waals surface area (Å²) in [6.45, 7) is 5.93. The van der Waals surface area contributed by atoms with Gasteiger partial charge in [0.25, 0.3) is 0 Å². The monoisotopic (exact) mass is 1160 g/mol. The van der Waals surface area contributed by atoms with E-state index in [2.05, 4.69) is 106 Å². The fraction of sp³-hybridized carbons (Fsp3) is 0.746. The van der Waals surface area contributed by atoms with Crippen molar-refractivity contribution >= 4 is 23.9 Å². The number of ether oxygens (including phenoxy) is 5. The number of aliphatic hydroxyl groups excluding tert-OH is 2. The lowest BCUT2D eigenvalue weighted by atomic mass is 9.98. The highest BCUT2D eigenvalue weighted by molar-refractivity contribution is 5.74. The standard InChI is InChI=1S/C71H120O12/c1-4-7-10-13-16-19-22-25-28-30-32-34-37-39-42-45-48-51-54-57-63(72)79-60-62(81-64(73)58-55-52-49-46-43-40-36-27-24-21-18-15-12-9-6-3)61-80-71-69(67(76)66(75)68(83-71)70(77)78)82-65(74)59-56-53-50-47-44-41-38-35-33-31-29-26-23-20-17-14-11-8-5-2/h16-21,25-29,33,35-36,62,66-69,71,75-76H,4-15,22-24,30-32,34,37-61H2,1-3H3,(H,77,78)/b19-16-,20-17-,21-18-,28-25-,29-26-,35-33-,36-27-. The Morgan fingerprint density at radius 1 is 0.398 bits per heavy atom. The van der Waals surface area contributed by atoms with Crippen LogP contribution in [0.5, 0.6) is 0 Å². The third kappa shape index (κ3) is 47.8. The zero-order valence-corrected chi connectivity index (χ0v) is 52.7. The van der Waals surface area contributed by atoms with Crippen molar-refractivity contribution in [1.29, 1.82) is 0 Å². The molecule has 12 nitrogen and oxygen atoms in total. The summed E-state index contributed by atoms with van der Waals surface area (Å²) in [4.78, 5) is 51.4. The Morgan fingerprint density at radius 2 is 0.723 bits per heavy atom. The van der Waals surface area contributed by atoms with Crippen molar-refractivity contribution in [3.8, 4) is 0 Å². The van der Waals surface area contributed by atoms with Gasteiger partial charge in [0.15, 0.2) is 24.6 Å². The van der Waals surface area contributed by atoms with E-state index in [-0.39, 0.29) is 25.9 Å². The van der Waals surface area contributed by atoms with Crippen LogP contribution >= 0.6 is 0 Å². The molecular weight excluding hydrogens is 1040 g/mol. The van der Waals surface area contributed by atoms with Crippen LogP contribution in [0.4, 0.5) is 0 Å². The number of carbonyl (C=O) groups excluding carboxylic acids is 3. The predicted molar refractivity (Wildman–Crippen MR) is 340 cm³/mol. The van der Waals surface area contributed by atoms with Crippen LogP contribution in [-0.2, 0) is 42.9 Å². The van der Waals surface area contributed by atoms with Crippen LogP contribution in [0.2, 0.25) is 0 Å². The van der Waals surface area contributed by atoms with Crippen molar-refractivity contribution in [2.24, 2.45) is 0 Å². The van der Waals surface area contributed by atoms with E-state index < -0.39 is 67.3 Å². The van der Waals surface area contributed by atoms with Gasteiger partial charge in [0.05, 0.1) is 6.61 Å². The minimum atomic E-state index is -1.91. The summed E-state index contributed by atoms with van der Waals surface area (Å²) >= 11 is 0. The van der Waals surface area contributed by atoms with E-state index in [9.17, 15) is 34.5 Å². The Hall–Kier alpha value is -4.10. The molecule has 1 rings (SSSR count). The molecule has 1 saturated heterocycles. The second-order valence-electron chi connectivity index (χ2n) is 22.7. The maximum Gasteiger partial charge on any atom is 0.335 e. The number of unbranched alkanes of at least 4 members (excludes halogenated alkanes) is 29. The van der Waals surface area contributed by atoms with Gasteiger partial charge in [-0.25, -0.2) is 4.79 Å². The number of carboxylic acids is 1. The molecule has 476 valence electrons. The first-order chi connectivity index (χ1) is 40.6. The van der Waals surface area contributed by atoms with Crippen LogP contribution in [0, 0.1) is 0 Å². The van der Waals surface area contributed by atoms with Gasteiger partial charge in [-0.05, 0) is 122 Å². The second kappa shape index (κ2) is 58.3. The number of hydrogen-bond acceptors (Lipinski definition) is 11. The van der Waals surface area contributed by atoms with Gasteiger partial charge >= 0.3 is 23.9 Å². The van der Waals surface area contributed by atoms with Gasteiger partial charge in [0, 0.05) is 19.3 Å². The van der Waals surface area contributed by atoms with Crippen LogP contribution in [-0.4, -0.2) is 89.2 Å². The van der Waals surface area contributed by atoms with Crippen LogP contribution in [0.25, 0.3) is 0 Å². The van der Waals surface area contributed by atoms with Crippen molar-refractivity contribution in [1.82, 2.24) is 0 Å². The van der Waals surface area contributed by atoms with E-state index >= 15 is 0 Å². The van der Waals surface area contributed by atoms with Gasteiger partial charge in [0.1, 0.15) is 18.8 Å². The molecule has 0 aliphatic carbocycles. The van der Waals surface area contributed by atoms with Gasteiger partial charge < -0.3 is 39.0 Å². The lowest BCUT2D eigenvalue weighted by molar-refractivity contribution is -0.301. The summed E-state index contributed by atoms with van der Waals surface area (Å²) in [6, 6.07) is 0. The first-order valence-corrected chi connectivity index (χ1v) is 33.6. The summed E-state index contributed by atoms with van der Waals surface area (Å²) in [5, 5.41) is 31.6. The molecule has 0 bridgehead atoms. The van der Waals surface area contributed by atoms with Crippen molar-refractivity contribution < 1.29 is 58.2 Å². The van der Waals surface area contributed by atoms with Crippen molar-refractivity contribution in [3.63, 3.8) is 0 Å². The maximum atomic E-state index is 13.2. The van der Waals surface area contributed by atoms with Crippen LogP contribution in [0.1, 0.15) is 290 Å². The molecule has 3 N–H and O–H groups in total. The highest BCUT2D eigenvalue weighted by atomic mass is 16.7. The van der Waals surface area contributed by atoms with E-state index in [0.717, 1.165) is 128 Å². The Kier molecular flexibility index (Phi) is 54.0. The number of hydrogen-bond donors (Lipinski definition) is 3. The van der Waals surface area contributed by atoms with Crippen molar-refractivity contribution in [2.75, 3.05) is 13.2 Å². The number of aliphatic hydroxyl groups is 2. The molecule has 0 aromatic carbocycles. The SMILES string of the molecule is CCCCC/C=C\C/C=C\C/C=C\CCCCCCCCC(=O)OC1C(OCC(COC(=O)CCCCCCCCCCC/C=C\C/C=C\CCCCC)OC(=O)CCCCCCC/C=C\C/C=C\CCCCC)OC(C(=O)O)C(O)C1O. The summed E-state index contributed by atoms with van der Waals surface area (Å²) in [5.74, 6) is -3.15. The Balaban J connectivity index is 2.66. The number of carboxylic acid groups (broad SMARTS) is 1. The van der Waals surface area contributed by atoms with Crippen molar-refractivity contribution in [3.05, 3.63) is 85.1 Å². The van der Waals surface area contributed by atoms with Gasteiger partial charge in [-0.1, -0.05) is 234 Å². The minimum absolute atomic E-state index is 0.0416. The highest BCUT2D eigenvalue weighted by Crippen LogP contribution is 2.27. The van der Waals surface area contributed by atoms with Crippen molar-refractivity contribution in [2.45, 2.75) is 327 Å². The van der Waals surface area contributed by atoms with E-state index in [1.807, 2.05) is 0 Å². The number of allylic oxidation sites excluding steroid dienone is 14. The largest absolute Gasteiger partial charge is 0.479 e. The second-order valence-corrected chi connectivity index (χ2v) is 22.7. The predicted octanol–water partition coefficient (Wildman–Crippen LogP) is 18.2. The zero-order chi connectivity index (χ0) is 60.3. The average Bonchev–Trinajstić information content (AvgIpc) is 3.60. The first-order valence-electron chi connectivity index (χ1n) is 33.6. The van der Waals surface area contributed by atoms with Gasteiger partial charge in [-0.15, -0.1) is 0 Å². The number of rotatable bonds is 57. The van der Waals surface area contributed by atoms with E-state index in [1.54, 1.807) is 0 Å². The molecule has 1 heterocycles. The molecule has 1 aliphatic rings. The molecule has 0 aromatic rings. The minimum Gasteiger partial charge on any atom is -0.479 e. The number of carbonyl (C=O) groups is 4. The molecule has 0 radical (unpaired) electrons. The third-order valence-electron chi connectivity index (χ3n) is 14.9. The van der Waals surface area contributed by atoms with Gasteiger partial charge in [-0.2, -0.15) is 0 Å². The molecule has 1 aliphatic heterocycles. The molecule has 6 unspecified atom stereocenters. The summed E-state index contributed by atoms with van der Waals surface area (Å²) in [5.41, 5.74) is 0. The quantitative estimate of drug-likeness (QED) is 0.0228. The normalized spacial score (nSPS) is 18.1. The molecule has 0 amide bonds. The van der Waals surface area contributed by atoms with Crippen LogP contribution in [0.3, 0.4) is 0 Å². The Labute approximate surface area is 505 Å². The molecule has 12 heteroatoms. The molecular formula is C71H120O12. The Morgan fingerprint density at radius 3 is 1.10 bits per heavy atom. The summed E-state index contributed by atoms with van der Waals surface area (Å²) in [7, 11) is 0. The van der Waals surface area contributed by atoms with E-state index in [0.29, 0.717) is 19.3 Å². The third-order valence-corrected chi connectivity index (χ3v) is 14.9. The molecule has 0 saturated carbocycles. The lowest BCUT2D eigenvalue weighted by Gasteiger charge is -2.40. The van der Waals surface area contributed by atoms with Gasteiger partial charge in [-0.3, -0.25) is 14.4 Å². The molecule has 0 spiro atoms. The average molecular weight is 1170 g/mol. The maximum absolute atomic E-state index is 13.2. The molecule has 6 atom stereocenters. The topological polar surface area (TPSA) is 175 Å². The number of aliphatic carboxylic acids is 1. The molecule has 83 heavy (non-hydrogen) atoms.